The zero-order chi connectivity index (χ0) is 28.9. The van der Waals surface area contributed by atoms with Gasteiger partial charge in [0.1, 0.15) is 11.9 Å². The summed E-state index contributed by atoms with van der Waals surface area (Å²) in [5, 5.41) is 6.57. The number of aliphatic imine (C=N–C) groups is 1. The molecule has 2 aromatic carbocycles. The Morgan fingerprint density at radius 2 is 1.98 bits per heavy atom. The summed E-state index contributed by atoms with van der Waals surface area (Å²) in [6.07, 6.45) is 3.00. The summed E-state index contributed by atoms with van der Waals surface area (Å²) < 4.78 is 71.2. The van der Waals surface area contributed by atoms with Gasteiger partial charge in [0.05, 0.1) is 10.6 Å². The number of sulfonamides is 1. The van der Waals surface area contributed by atoms with E-state index in [1.165, 1.54) is 35.6 Å². The van der Waals surface area contributed by atoms with Crippen molar-refractivity contribution in [1.82, 2.24) is 24.4 Å². The molecule has 2 aliphatic rings. The van der Waals surface area contributed by atoms with Crippen molar-refractivity contribution in [2.75, 3.05) is 6.54 Å². The number of nitrogens with one attached hydrogen (secondary N) is 1. The summed E-state index contributed by atoms with van der Waals surface area (Å²) in [4.78, 5) is 11.4. The highest BCUT2D eigenvalue weighted by Gasteiger charge is 2.42. The Morgan fingerprint density at radius 3 is 2.66 bits per heavy atom. The van der Waals surface area contributed by atoms with Crippen LogP contribution in [-0.2, 0) is 10.0 Å². The third-order valence-electron chi connectivity index (χ3n) is 6.93. The predicted molar refractivity (Wildman–Crippen MR) is 150 cm³/mol. The van der Waals surface area contributed by atoms with Crippen LogP contribution in [0.25, 0.3) is 5.57 Å². The molecule has 2 atom stereocenters. The van der Waals surface area contributed by atoms with E-state index in [0.29, 0.717) is 37.9 Å². The third kappa shape index (κ3) is 5.18. The van der Waals surface area contributed by atoms with Crippen molar-refractivity contribution < 1.29 is 21.6 Å². The van der Waals surface area contributed by atoms with E-state index in [9.17, 15) is 21.6 Å². The smallest absolute Gasteiger partial charge is 0.326 e. The van der Waals surface area contributed by atoms with Gasteiger partial charge in [-0.2, -0.15) is 13.9 Å². The fraction of sp³-hybridized carbons (Fsp3) is 0.222. The molecular weight excluding hydrogens is 597 g/mol. The lowest BCUT2D eigenvalue weighted by Crippen LogP contribution is -2.39. The number of amidine groups is 1. The Labute approximate surface area is 242 Å². The Bertz CT molecular complexity index is 1790. The average molecular weight is 619 g/mol. The zero-order valence-electron chi connectivity index (χ0n) is 21.4. The molecule has 212 valence electrons. The maximum Gasteiger partial charge on any atom is 0.333 e. The Balaban J connectivity index is 1.50. The van der Waals surface area contributed by atoms with Gasteiger partial charge in [0.2, 0.25) is 10.0 Å². The lowest BCUT2D eigenvalue weighted by atomic mass is 9.92. The summed E-state index contributed by atoms with van der Waals surface area (Å²) >= 11 is 7.83. The second kappa shape index (κ2) is 10.7. The SMILES string of the molecule is Cc1ccccc1S(=O)(=O)N[C@H]1CC2=C(c3ccn(C(F)F)n3)[C@H](c3ccc(F)cc3Cl)N=C(c3nccs3)N2C1. The highest BCUT2D eigenvalue weighted by atomic mass is 35.5. The summed E-state index contributed by atoms with van der Waals surface area (Å²) in [6, 6.07) is 10.6. The summed E-state index contributed by atoms with van der Waals surface area (Å²) in [5.74, 6) is -0.0712. The van der Waals surface area contributed by atoms with Gasteiger partial charge in [0.25, 0.3) is 0 Å². The predicted octanol–water partition coefficient (Wildman–Crippen LogP) is 5.80. The number of hydrogen-bond donors (Lipinski definition) is 1. The molecule has 14 heteroatoms. The minimum atomic E-state index is -3.89. The van der Waals surface area contributed by atoms with Crippen LogP contribution in [0.2, 0.25) is 5.02 Å². The molecule has 4 heterocycles. The number of aryl methyl sites for hydroxylation is 1. The Hall–Kier alpha value is -3.52. The number of hydrogen-bond acceptors (Lipinski definition) is 7. The molecular formula is C27H22ClF3N6O2S2. The fourth-order valence-corrected chi connectivity index (χ4v) is 7.56. The van der Waals surface area contributed by atoms with Crippen LogP contribution in [0.1, 0.15) is 40.8 Å². The number of nitrogens with zero attached hydrogens (tertiary/aromatic N) is 5. The van der Waals surface area contributed by atoms with E-state index in [1.807, 2.05) is 4.90 Å². The van der Waals surface area contributed by atoms with Crippen molar-refractivity contribution in [3.8, 4) is 0 Å². The van der Waals surface area contributed by atoms with Gasteiger partial charge < -0.3 is 4.90 Å². The van der Waals surface area contributed by atoms with Crippen LogP contribution in [-0.4, -0.2) is 46.5 Å². The van der Waals surface area contributed by atoms with Crippen molar-refractivity contribution in [2.24, 2.45) is 4.99 Å². The summed E-state index contributed by atoms with van der Waals surface area (Å²) in [5.41, 5.74) is 2.37. The van der Waals surface area contributed by atoms with E-state index in [-0.39, 0.29) is 28.6 Å². The number of fused-ring (bicyclic) bond motifs is 1. The first-order valence-electron chi connectivity index (χ1n) is 12.5. The number of benzene rings is 2. The highest BCUT2D eigenvalue weighted by molar-refractivity contribution is 7.89. The van der Waals surface area contributed by atoms with Gasteiger partial charge in [-0.05, 0) is 36.8 Å². The third-order valence-corrected chi connectivity index (χ3v) is 9.71. The first kappa shape index (κ1) is 27.6. The minimum Gasteiger partial charge on any atom is -0.326 e. The maximum absolute atomic E-state index is 14.0. The van der Waals surface area contributed by atoms with Gasteiger partial charge in [-0.3, -0.25) is 4.99 Å². The molecule has 2 aliphatic heterocycles. The minimum absolute atomic E-state index is 0.104. The van der Waals surface area contributed by atoms with Crippen molar-refractivity contribution in [1.29, 1.82) is 0 Å². The molecule has 8 nitrogen and oxygen atoms in total. The summed E-state index contributed by atoms with van der Waals surface area (Å²) in [7, 11) is -3.89. The quantitative estimate of drug-likeness (QED) is 0.283. The lowest BCUT2D eigenvalue weighted by molar-refractivity contribution is 0.0564. The molecule has 0 spiro atoms. The zero-order valence-corrected chi connectivity index (χ0v) is 23.8. The molecule has 0 saturated carbocycles. The fourth-order valence-electron chi connectivity index (χ4n) is 5.17. The highest BCUT2D eigenvalue weighted by Crippen LogP contribution is 2.46. The monoisotopic (exact) mass is 618 g/mol. The number of thiazole rings is 1. The van der Waals surface area contributed by atoms with Crippen LogP contribution >= 0.6 is 22.9 Å². The van der Waals surface area contributed by atoms with Crippen molar-refractivity contribution >= 4 is 44.4 Å². The molecule has 6 rings (SSSR count). The van der Waals surface area contributed by atoms with Crippen LogP contribution in [0.5, 0.6) is 0 Å². The van der Waals surface area contributed by atoms with Crippen molar-refractivity contribution in [3.63, 3.8) is 0 Å². The molecule has 1 N–H and O–H groups in total. The number of alkyl halides is 2. The van der Waals surface area contributed by atoms with Gasteiger partial charge in [0.15, 0.2) is 10.8 Å². The molecule has 0 amide bonds. The molecule has 1 fully saturated rings. The molecule has 0 radical (unpaired) electrons. The summed E-state index contributed by atoms with van der Waals surface area (Å²) in [6.45, 7) is -0.938. The van der Waals surface area contributed by atoms with E-state index < -0.39 is 34.5 Å². The van der Waals surface area contributed by atoms with E-state index in [0.717, 1.165) is 12.3 Å². The molecule has 1 saturated heterocycles. The van der Waals surface area contributed by atoms with E-state index in [2.05, 4.69) is 14.8 Å². The van der Waals surface area contributed by atoms with E-state index in [1.54, 1.807) is 36.7 Å². The van der Waals surface area contributed by atoms with Crippen LogP contribution in [0.3, 0.4) is 0 Å². The van der Waals surface area contributed by atoms with E-state index in [4.69, 9.17) is 16.6 Å². The second-order valence-corrected chi connectivity index (χ2v) is 12.6. The lowest BCUT2D eigenvalue weighted by Gasteiger charge is -2.32. The standard InChI is InChI=1S/C27H22ClF3N6O2S2/c1-15-4-2-3-5-22(15)41(38,39)35-17-13-21-23(20-8-10-37(34-20)27(30)31)24(18-7-6-16(29)12-19(18)28)33-25(36(21)14-17)26-32-9-11-40-26/h2-12,17,24,27,35H,13-14H2,1H3/t17-,24-/m0/s1. The van der Waals surface area contributed by atoms with Gasteiger partial charge in [-0.15, -0.1) is 11.3 Å². The van der Waals surface area contributed by atoms with Crippen molar-refractivity contribution in [2.45, 2.75) is 36.9 Å². The Morgan fingerprint density at radius 1 is 1.17 bits per heavy atom. The molecule has 0 unspecified atom stereocenters. The normalized spacial score (nSPS) is 19.2. The van der Waals surface area contributed by atoms with Crippen LogP contribution < -0.4 is 4.72 Å². The first-order valence-corrected chi connectivity index (χ1v) is 15.2. The van der Waals surface area contributed by atoms with Gasteiger partial charge in [0, 0.05) is 58.6 Å². The number of rotatable bonds is 7. The first-order chi connectivity index (χ1) is 19.6. The van der Waals surface area contributed by atoms with Crippen molar-refractivity contribution in [3.05, 3.63) is 105 Å². The average Bonchev–Trinajstić information content (AvgIpc) is 3.69. The Kier molecular flexibility index (Phi) is 7.22. The molecule has 0 bridgehead atoms. The number of halogens is 4. The molecule has 2 aromatic heterocycles. The largest absolute Gasteiger partial charge is 0.333 e. The topological polar surface area (TPSA) is 92.5 Å². The maximum atomic E-state index is 14.0. The van der Waals surface area contributed by atoms with Gasteiger partial charge in [-0.1, -0.05) is 35.9 Å². The van der Waals surface area contributed by atoms with Crippen LogP contribution in [0.4, 0.5) is 13.2 Å². The number of aromatic nitrogens is 3. The van der Waals surface area contributed by atoms with E-state index >= 15 is 0 Å². The van der Waals surface area contributed by atoms with Crippen LogP contribution in [0.15, 0.2) is 81.9 Å². The molecule has 0 aliphatic carbocycles. The van der Waals surface area contributed by atoms with Gasteiger partial charge in [-0.25, -0.2) is 27.2 Å². The second-order valence-electron chi connectivity index (χ2n) is 9.58. The van der Waals surface area contributed by atoms with Crippen LogP contribution in [0, 0.1) is 12.7 Å². The molecule has 4 aromatic rings. The molecule has 41 heavy (non-hydrogen) atoms. The van der Waals surface area contributed by atoms with Gasteiger partial charge >= 0.3 is 6.55 Å².